The van der Waals surface area contributed by atoms with Crippen molar-refractivity contribution in [2.45, 2.75) is 38.7 Å². The first-order valence-corrected chi connectivity index (χ1v) is 6.89. The summed E-state index contributed by atoms with van der Waals surface area (Å²) in [7, 11) is 1.77. The predicted octanol–water partition coefficient (Wildman–Crippen LogP) is 1.33. The van der Waals surface area contributed by atoms with E-state index < -0.39 is 0 Å². The van der Waals surface area contributed by atoms with Gasteiger partial charge >= 0.3 is 0 Å². The Morgan fingerprint density at radius 1 is 1.53 bits per heavy atom. The Morgan fingerprint density at radius 3 is 3.05 bits per heavy atom. The Morgan fingerprint density at radius 2 is 2.37 bits per heavy atom. The molecule has 1 aliphatic rings. The zero-order valence-electron chi connectivity index (χ0n) is 11.7. The average Bonchev–Trinajstić information content (AvgIpc) is 2.47. The fraction of sp³-hybridized carbons (Fsp3) is 0.692. The SMILES string of the molecule is CCCc1nc(NN)cc(N2CCCC(OC)C2)n1. The number of aryl methyl sites for hydroxylation is 1. The molecule has 0 aliphatic carbocycles. The van der Waals surface area contributed by atoms with E-state index in [0.717, 1.165) is 50.4 Å². The fourth-order valence-corrected chi connectivity index (χ4v) is 2.39. The van der Waals surface area contributed by atoms with E-state index in [1.807, 2.05) is 6.07 Å². The van der Waals surface area contributed by atoms with Crippen molar-refractivity contribution < 1.29 is 4.74 Å². The number of hydrogen-bond donors (Lipinski definition) is 2. The lowest BCUT2D eigenvalue weighted by Crippen LogP contribution is -2.39. The van der Waals surface area contributed by atoms with E-state index in [0.29, 0.717) is 5.82 Å². The molecule has 3 N–H and O–H groups in total. The highest BCUT2D eigenvalue weighted by Gasteiger charge is 2.21. The summed E-state index contributed by atoms with van der Waals surface area (Å²) in [5, 5.41) is 0. The first-order valence-electron chi connectivity index (χ1n) is 6.89. The molecule has 0 aromatic carbocycles. The van der Waals surface area contributed by atoms with Crippen LogP contribution in [0.5, 0.6) is 0 Å². The van der Waals surface area contributed by atoms with Crippen LogP contribution in [0.2, 0.25) is 0 Å². The molecule has 0 radical (unpaired) electrons. The summed E-state index contributed by atoms with van der Waals surface area (Å²) in [4.78, 5) is 11.2. The maximum absolute atomic E-state index is 5.48. The van der Waals surface area contributed by atoms with Crippen LogP contribution in [0.1, 0.15) is 32.0 Å². The number of ether oxygens (including phenoxy) is 1. The van der Waals surface area contributed by atoms with Crippen molar-refractivity contribution in [3.63, 3.8) is 0 Å². The molecular weight excluding hydrogens is 242 g/mol. The van der Waals surface area contributed by atoms with E-state index in [4.69, 9.17) is 10.6 Å². The number of piperidine rings is 1. The predicted molar refractivity (Wildman–Crippen MR) is 76.1 cm³/mol. The maximum atomic E-state index is 5.48. The molecule has 106 valence electrons. The van der Waals surface area contributed by atoms with Gasteiger partial charge in [0.05, 0.1) is 6.10 Å². The van der Waals surface area contributed by atoms with Gasteiger partial charge in [-0.1, -0.05) is 6.92 Å². The van der Waals surface area contributed by atoms with Gasteiger partial charge < -0.3 is 15.1 Å². The van der Waals surface area contributed by atoms with E-state index in [9.17, 15) is 0 Å². The molecule has 1 unspecified atom stereocenters. The number of nitrogens with two attached hydrogens (primary N) is 1. The number of nitrogens with one attached hydrogen (secondary N) is 1. The van der Waals surface area contributed by atoms with Crippen LogP contribution in [-0.2, 0) is 11.2 Å². The third kappa shape index (κ3) is 3.54. The lowest BCUT2D eigenvalue weighted by molar-refractivity contribution is 0.0891. The second-order valence-corrected chi connectivity index (χ2v) is 4.87. The van der Waals surface area contributed by atoms with Crippen LogP contribution >= 0.6 is 0 Å². The zero-order chi connectivity index (χ0) is 13.7. The van der Waals surface area contributed by atoms with E-state index in [1.54, 1.807) is 7.11 Å². The van der Waals surface area contributed by atoms with Gasteiger partial charge in [-0.05, 0) is 19.3 Å². The molecule has 19 heavy (non-hydrogen) atoms. The molecule has 0 spiro atoms. The third-order valence-corrected chi connectivity index (χ3v) is 3.42. The summed E-state index contributed by atoms with van der Waals surface area (Å²) in [6.45, 7) is 4.00. The average molecular weight is 265 g/mol. The lowest BCUT2D eigenvalue weighted by atomic mass is 10.1. The molecule has 6 heteroatoms. The summed E-state index contributed by atoms with van der Waals surface area (Å²) in [5.41, 5.74) is 2.62. The number of anilines is 2. The van der Waals surface area contributed by atoms with Gasteiger partial charge in [0.25, 0.3) is 0 Å². The van der Waals surface area contributed by atoms with Gasteiger partial charge in [-0.25, -0.2) is 15.8 Å². The zero-order valence-corrected chi connectivity index (χ0v) is 11.7. The largest absolute Gasteiger partial charge is 0.380 e. The van der Waals surface area contributed by atoms with Crippen LogP contribution in [0.4, 0.5) is 11.6 Å². The van der Waals surface area contributed by atoms with Crippen molar-refractivity contribution >= 4 is 11.6 Å². The number of nitrogen functional groups attached to an aromatic ring is 1. The topological polar surface area (TPSA) is 76.3 Å². The Bertz CT molecular complexity index is 412. The highest BCUT2D eigenvalue weighted by molar-refractivity contribution is 5.49. The van der Waals surface area contributed by atoms with Gasteiger partial charge in [-0.15, -0.1) is 0 Å². The molecule has 1 saturated heterocycles. The molecule has 1 fully saturated rings. The number of hydrogen-bond acceptors (Lipinski definition) is 6. The maximum Gasteiger partial charge on any atom is 0.145 e. The summed E-state index contributed by atoms with van der Waals surface area (Å²) in [6, 6.07) is 1.90. The summed E-state index contributed by atoms with van der Waals surface area (Å²) in [5.74, 6) is 7.94. The van der Waals surface area contributed by atoms with Crippen molar-refractivity contribution in [2.75, 3.05) is 30.5 Å². The molecule has 2 rings (SSSR count). The molecule has 2 heterocycles. The molecule has 0 saturated carbocycles. The molecule has 1 aliphatic heterocycles. The minimum absolute atomic E-state index is 0.285. The van der Waals surface area contributed by atoms with E-state index in [-0.39, 0.29) is 6.10 Å². The standard InChI is InChI=1S/C13H23N5O/c1-3-5-11-15-12(17-14)8-13(16-11)18-7-4-6-10(9-18)19-2/h8,10H,3-7,9,14H2,1-2H3,(H,15,16,17). The second kappa shape index (κ2) is 6.68. The number of hydrazine groups is 1. The summed E-state index contributed by atoms with van der Waals surface area (Å²) in [6.07, 6.45) is 4.41. The van der Waals surface area contributed by atoms with Gasteiger partial charge in [0, 0.05) is 32.7 Å². The van der Waals surface area contributed by atoms with Gasteiger partial charge in [-0.2, -0.15) is 0 Å². The first kappa shape index (κ1) is 14.0. The second-order valence-electron chi connectivity index (χ2n) is 4.87. The van der Waals surface area contributed by atoms with Crippen LogP contribution in [0, 0.1) is 0 Å². The number of nitrogens with zero attached hydrogens (tertiary/aromatic N) is 3. The minimum Gasteiger partial charge on any atom is -0.380 e. The number of rotatable bonds is 5. The fourth-order valence-electron chi connectivity index (χ4n) is 2.39. The van der Waals surface area contributed by atoms with E-state index >= 15 is 0 Å². The first-order chi connectivity index (χ1) is 9.26. The Hall–Kier alpha value is -1.40. The van der Waals surface area contributed by atoms with Gasteiger partial charge in [0.1, 0.15) is 17.5 Å². The lowest BCUT2D eigenvalue weighted by Gasteiger charge is -2.33. The Labute approximate surface area is 114 Å². The molecule has 1 atom stereocenters. The normalized spacial score (nSPS) is 19.5. The van der Waals surface area contributed by atoms with Crippen LogP contribution in [0.25, 0.3) is 0 Å². The van der Waals surface area contributed by atoms with E-state index in [1.165, 1.54) is 0 Å². The molecule has 0 amide bonds. The van der Waals surface area contributed by atoms with Crippen LogP contribution in [0.3, 0.4) is 0 Å². The molecule has 1 aromatic heterocycles. The molecular formula is C13H23N5O. The highest BCUT2D eigenvalue weighted by atomic mass is 16.5. The quantitative estimate of drug-likeness (QED) is 0.618. The summed E-state index contributed by atoms with van der Waals surface area (Å²) >= 11 is 0. The van der Waals surface area contributed by atoms with Crippen LogP contribution < -0.4 is 16.2 Å². The van der Waals surface area contributed by atoms with Crippen molar-refractivity contribution in [3.8, 4) is 0 Å². The monoisotopic (exact) mass is 265 g/mol. The number of aromatic nitrogens is 2. The van der Waals surface area contributed by atoms with E-state index in [2.05, 4.69) is 27.2 Å². The molecule has 1 aromatic rings. The molecule has 0 bridgehead atoms. The van der Waals surface area contributed by atoms with Crippen molar-refractivity contribution in [2.24, 2.45) is 5.84 Å². The van der Waals surface area contributed by atoms with Crippen LogP contribution in [-0.4, -0.2) is 36.3 Å². The van der Waals surface area contributed by atoms with Gasteiger partial charge in [0.15, 0.2) is 0 Å². The Kier molecular flexibility index (Phi) is 4.93. The van der Waals surface area contributed by atoms with Gasteiger partial charge in [0.2, 0.25) is 0 Å². The number of methoxy groups -OCH3 is 1. The summed E-state index contributed by atoms with van der Waals surface area (Å²) < 4.78 is 5.45. The Balaban J connectivity index is 2.19. The third-order valence-electron chi connectivity index (χ3n) is 3.42. The minimum atomic E-state index is 0.285. The molecule has 6 nitrogen and oxygen atoms in total. The van der Waals surface area contributed by atoms with Crippen molar-refractivity contribution in [3.05, 3.63) is 11.9 Å². The smallest absolute Gasteiger partial charge is 0.145 e. The van der Waals surface area contributed by atoms with Crippen LogP contribution in [0.15, 0.2) is 6.07 Å². The van der Waals surface area contributed by atoms with Gasteiger partial charge in [-0.3, -0.25) is 0 Å². The van der Waals surface area contributed by atoms with Crippen molar-refractivity contribution in [1.82, 2.24) is 9.97 Å². The van der Waals surface area contributed by atoms with Crippen molar-refractivity contribution in [1.29, 1.82) is 0 Å². The highest BCUT2D eigenvalue weighted by Crippen LogP contribution is 2.21.